The number of ether oxygens (including phenoxy) is 1. The second-order valence-corrected chi connectivity index (χ2v) is 5.01. The lowest BCUT2D eigenvalue weighted by molar-refractivity contribution is -0.127. The second kappa shape index (κ2) is 8.38. The molecule has 1 aromatic heterocycles. The Morgan fingerprint density at radius 1 is 1.41 bits per heavy atom. The Kier molecular flexibility index (Phi) is 6.84. The van der Waals surface area contributed by atoms with Gasteiger partial charge in [0.25, 0.3) is 5.91 Å². The molecule has 0 unspecified atom stereocenters. The zero-order chi connectivity index (χ0) is 16.7. The first-order valence-electron chi connectivity index (χ1n) is 6.81. The van der Waals surface area contributed by atoms with Crippen LogP contribution in [0, 0.1) is 6.92 Å². The Bertz CT molecular complexity index is 571. The lowest BCUT2D eigenvalue weighted by Gasteiger charge is -2.05. The number of nitrogens with one attached hydrogen (secondary N) is 1. The molecule has 0 atom stereocenters. The van der Waals surface area contributed by atoms with Crippen LogP contribution in [-0.2, 0) is 20.9 Å². The van der Waals surface area contributed by atoms with E-state index in [1.807, 2.05) is 6.92 Å². The van der Waals surface area contributed by atoms with Crippen molar-refractivity contribution in [2.75, 3.05) is 13.2 Å². The number of carbonyl (C=O) groups is 3. The Morgan fingerprint density at radius 2 is 2.09 bits per heavy atom. The summed E-state index contributed by atoms with van der Waals surface area (Å²) < 4.78 is 6.39. The molecule has 0 aromatic carbocycles. The number of primary amides is 1. The fraction of sp³-hybridized carbons (Fsp3) is 0.538. The summed E-state index contributed by atoms with van der Waals surface area (Å²) in [6.45, 7) is 3.43. The van der Waals surface area contributed by atoms with Crippen LogP contribution >= 0.6 is 11.6 Å². The second-order valence-electron chi connectivity index (χ2n) is 4.65. The summed E-state index contributed by atoms with van der Waals surface area (Å²) in [5.41, 5.74) is 5.45. The lowest BCUT2D eigenvalue weighted by atomic mass is 10.3. The van der Waals surface area contributed by atoms with Crippen LogP contribution < -0.4 is 11.1 Å². The molecule has 1 heterocycles. The molecule has 3 N–H and O–H groups in total. The van der Waals surface area contributed by atoms with Gasteiger partial charge in [-0.15, -0.1) is 0 Å². The predicted octanol–water partition coefficient (Wildman–Crippen LogP) is 0.403. The van der Waals surface area contributed by atoms with Crippen LogP contribution in [0.5, 0.6) is 0 Å². The van der Waals surface area contributed by atoms with Gasteiger partial charge in [-0.2, -0.15) is 5.10 Å². The molecule has 8 nitrogen and oxygen atoms in total. The van der Waals surface area contributed by atoms with Crippen LogP contribution in [0.4, 0.5) is 0 Å². The lowest BCUT2D eigenvalue weighted by Crippen LogP contribution is -2.36. The van der Waals surface area contributed by atoms with Gasteiger partial charge in [-0.3, -0.25) is 14.3 Å². The molecule has 0 radical (unpaired) electrons. The van der Waals surface area contributed by atoms with Gasteiger partial charge < -0.3 is 15.8 Å². The van der Waals surface area contributed by atoms with Crippen molar-refractivity contribution >= 4 is 29.4 Å². The molecule has 0 fully saturated rings. The highest BCUT2D eigenvalue weighted by Crippen LogP contribution is 2.21. The van der Waals surface area contributed by atoms with E-state index in [9.17, 15) is 14.4 Å². The van der Waals surface area contributed by atoms with Crippen molar-refractivity contribution in [2.24, 2.45) is 5.73 Å². The van der Waals surface area contributed by atoms with Gasteiger partial charge in [-0.1, -0.05) is 24.9 Å². The predicted molar refractivity (Wildman–Crippen MR) is 79.4 cm³/mol. The minimum atomic E-state index is -0.737. The molecule has 1 rings (SSSR count). The number of aryl methyl sites for hydroxylation is 2. The molecule has 1 aromatic rings. The van der Waals surface area contributed by atoms with E-state index in [0.29, 0.717) is 12.2 Å². The highest BCUT2D eigenvalue weighted by atomic mass is 35.5. The van der Waals surface area contributed by atoms with Gasteiger partial charge in [0.1, 0.15) is 10.7 Å². The average Bonchev–Trinajstić information content (AvgIpc) is 2.74. The van der Waals surface area contributed by atoms with Crippen molar-refractivity contribution in [3.05, 3.63) is 16.4 Å². The number of carbonyl (C=O) groups excluding carboxylic acids is 3. The molecule has 9 heteroatoms. The van der Waals surface area contributed by atoms with Crippen molar-refractivity contribution in [3.8, 4) is 0 Å². The fourth-order valence-corrected chi connectivity index (χ4v) is 2.02. The first-order chi connectivity index (χ1) is 10.4. The van der Waals surface area contributed by atoms with E-state index in [2.05, 4.69) is 10.4 Å². The summed E-state index contributed by atoms with van der Waals surface area (Å²) in [5, 5.41) is 6.57. The van der Waals surface area contributed by atoms with Gasteiger partial charge >= 0.3 is 5.97 Å². The Morgan fingerprint density at radius 3 is 2.68 bits per heavy atom. The number of hydrogen-bond donors (Lipinski definition) is 2. The van der Waals surface area contributed by atoms with Crippen molar-refractivity contribution in [2.45, 2.75) is 33.2 Å². The van der Waals surface area contributed by atoms with E-state index < -0.39 is 24.4 Å². The monoisotopic (exact) mass is 330 g/mol. The molecular formula is C13H19ClN4O4. The van der Waals surface area contributed by atoms with E-state index in [-0.39, 0.29) is 17.3 Å². The largest absolute Gasteiger partial charge is 0.452 e. The molecule has 0 saturated carbocycles. The number of hydrogen-bond acceptors (Lipinski definition) is 5. The summed E-state index contributed by atoms with van der Waals surface area (Å²) in [6, 6.07) is 0. The Hall–Kier alpha value is -2.09. The van der Waals surface area contributed by atoms with Gasteiger partial charge in [-0.25, -0.2) is 4.79 Å². The molecule has 22 heavy (non-hydrogen) atoms. The molecule has 0 bridgehead atoms. The average molecular weight is 331 g/mol. The number of rotatable bonds is 8. The highest BCUT2D eigenvalue weighted by Gasteiger charge is 2.22. The third kappa shape index (κ3) is 5.03. The van der Waals surface area contributed by atoms with E-state index in [0.717, 1.165) is 12.8 Å². The Labute approximate surface area is 132 Å². The maximum Gasteiger partial charge on any atom is 0.343 e. The summed E-state index contributed by atoms with van der Waals surface area (Å²) in [4.78, 5) is 33.8. The van der Waals surface area contributed by atoms with Gasteiger partial charge in [-0.05, 0) is 13.3 Å². The summed E-state index contributed by atoms with van der Waals surface area (Å²) in [5.74, 6) is -2.05. The summed E-state index contributed by atoms with van der Waals surface area (Å²) in [6.07, 6.45) is 1.85. The van der Waals surface area contributed by atoms with Crippen molar-refractivity contribution in [1.29, 1.82) is 0 Å². The molecular weight excluding hydrogens is 312 g/mol. The van der Waals surface area contributed by atoms with Crippen LogP contribution in [0.1, 0.15) is 35.8 Å². The minimum absolute atomic E-state index is 0.139. The normalized spacial score (nSPS) is 10.3. The number of aromatic nitrogens is 2. The SMILES string of the molecule is CCCCn1nc(C)c(C(=O)OCC(=O)NCC(N)=O)c1Cl. The van der Waals surface area contributed by atoms with Crippen molar-refractivity contribution in [1.82, 2.24) is 15.1 Å². The topological polar surface area (TPSA) is 116 Å². The zero-order valence-electron chi connectivity index (χ0n) is 12.5. The third-order valence-corrected chi connectivity index (χ3v) is 3.17. The molecule has 0 aliphatic heterocycles. The molecule has 0 spiro atoms. The molecule has 2 amide bonds. The fourth-order valence-electron chi connectivity index (χ4n) is 1.68. The first-order valence-corrected chi connectivity index (χ1v) is 7.19. The maximum atomic E-state index is 12.0. The van der Waals surface area contributed by atoms with Crippen LogP contribution in [-0.4, -0.2) is 40.7 Å². The van der Waals surface area contributed by atoms with Crippen molar-refractivity contribution in [3.63, 3.8) is 0 Å². The van der Waals surface area contributed by atoms with Crippen LogP contribution in [0.25, 0.3) is 0 Å². The molecule has 122 valence electrons. The van der Waals surface area contributed by atoms with Gasteiger partial charge in [0.2, 0.25) is 5.91 Å². The number of esters is 1. The highest BCUT2D eigenvalue weighted by molar-refractivity contribution is 6.32. The van der Waals surface area contributed by atoms with Gasteiger partial charge in [0, 0.05) is 6.54 Å². The quantitative estimate of drug-likeness (QED) is 0.669. The van der Waals surface area contributed by atoms with Crippen LogP contribution in [0.3, 0.4) is 0 Å². The first kappa shape index (κ1) is 18.0. The number of nitrogens with two attached hydrogens (primary N) is 1. The van der Waals surface area contributed by atoms with Crippen LogP contribution in [0.2, 0.25) is 5.15 Å². The van der Waals surface area contributed by atoms with Crippen LogP contribution in [0.15, 0.2) is 0 Å². The van der Waals surface area contributed by atoms with Gasteiger partial charge in [0.05, 0.1) is 12.2 Å². The zero-order valence-corrected chi connectivity index (χ0v) is 13.3. The Balaban J connectivity index is 2.64. The minimum Gasteiger partial charge on any atom is -0.452 e. The number of halogens is 1. The molecule has 0 aliphatic carbocycles. The van der Waals surface area contributed by atoms with E-state index in [1.165, 1.54) is 4.68 Å². The van der Waals surface area contributed by atoms with Crippen molar-refractivity contribution < 1.29 is 19.1 Å². The van der Waals surface area contributed by atoms with E-state index in [4.69, 9.17) is 22.1 Å². The number of unbranched alkanes of at least 4 members (excludes halogenated alkanes) is 1. The van der Waals surface area contributed by atoms with Gasteiger partial charge in [0.15, 0.2) is 6.61 Å². The summed E-state index contributed by atoms with van der Waals surface area (Å²) in [7, 11) is 0. The van der Waals surface area contributed by atoms with E-state index in [1.54, 1.807) is 6.92 Å². The maximum absolute atomic E-state index is 12.0. The smallest absolute Gasteiger partial charge is 0.343 e. The number of nitrogens with zero attached hydrogens (tertiary/aromatic N) is 2. The third-order valence-electron chi connectivity index (χ3n) is 2.79. The number of amides is 2. The molecule has 0 aliphatic rings. The molecule has 0 saturated heterocycles. The standard InChI is InChI=1S/C13H19ClN4O4/c1-3-4-5-18-12(14)11(8(2)17-18)13(21)22-7-10(20)16-6-9(15)19/h3-7H2,1-2H3,(H2,15,19)(H,16,20). The van der Waals surface area contributed by atoms with E-state index >= 15 is 0 Å². The summed E-state index contributed by atoms with van der Waals surface area (Å²) >= 11 is 6.12.